The summed E-state index contributed by atoms with van der Waals surface area (Å²) in [5.74, 6) is 2.28. The van der Waals surface area contributed by atoms with E-state index in [0.29, 0.717) is 6.54 Å². The van der Waals surface area contributed by atoms with Crippen molar-refractivity contribution in [2.75, 3.05) is 26.2 Å². The third-order valence-corrected chi connectivity index (χ3v) is 2.44. The minimum atomic E-state index is -0.0664. The van der Waals surface area contributed by atoms with E-state index in [9.17, 15) is 4.79 Å². The van der Waals surface area contributed by atoms with E-state index in [1.54, 1.807) is 0 Å². The Morgan fingerprint density at radius 1 is 1.71 bits per heavy atom. The highest BCUT2D eigenvalue weighted by molar-refractivity contribution is 5.78. The van der Waals surface area contributed by atoms with Gasteiger partial charge in [-0.05, 0) is 19.4 Å². The Hall–Kier alpha value is -1.05. The molecule has 1 saturated heterocycles. The second kappa shape index (κ2) is 5.63. The van der Waals surface area contributed by atoms with Gasteiger partial charge in [-0.3, -0.25) is 9.69 Å². The first-order valence-electron chi connectivity index (χ1n) is 4.83. The summed E-state index contributed by atoms with van der Waals surface area (Å²) in [7, 11) is 0. The molecule has 0 spiro atoms. The average molecular weight is 196 g/mol. The predicted molar refractivity (Wildman–Crippen MR) is 53.5 cm³/mol. The number of hydrogen-bond acceptors (Lipinski definition) is 3. The van der Waals surface area contributed by atoms with E-state index in [-0.39, 0.29) is 25.1 Å². The van der Waals surface area contributed by atoms with Crippen LogP contribution in [-0.4, -0.2) is 48.2 Å². The molecule has 0 unspecified atom stereocenters. The van der Waals surface area contributed by atoms with Crippen molar-refractivity contribution in [1.29, 1.82) is 0 Å². The molecule has 2 N–H and O–H groups in total. The predicted octanol–water partition coefficient (Wildman–Crippen LogP) is -0.807. The number of likely N-dealkylation sites (tertiary alicyclic amines) is 1. The molecule has 1 atom stereocenters. The van der Waals surface area contributed by atoms with E-state index in [4.69, 9.17) is 11.5 Å². The Labute approximate surface area is 84.3 Å². The summed E-state index contributed by atoms with van der Waals surface area (Å²) in [6, 6.07) is 0.145. The SMILES string of the molecule is C#CCNC(=O)CN1CCC[C@H]1CO. The molecule has 0 aromatic heterocycles. The number of nitrogens with one attached hydrogen (secondary N) is 1. The lowest BCUT2D eigenvalue weighted by molar-refractivity contribution is -0.122. The summed E-state index contributed by atoms with van der Waals surface area (Å²) in [5.41, 5.74) is 0. The zero-order chi connectivity index (χ0) is 10.4. The van der Waals surface area contributed by atoms with Crippen molar-refractivity contribution in [3.05, 3.63) is 0 Å². The molecule has 1 aliphatic rings. The fourth-order valence-corrected chi connectivity index (χ4v) is 1.70. The van der Waals surface area contributed by atoms with Crippen molar-refractivity contribution >= 4 is 5.91 Å². The molecule has 1 fully saturated rings. The van der Waals surface area contributed by atoms with E-state index in [1.807, 2.05) is 4.90 Å². The van der Waals surface area contributed by atoms with Crippen molar-refractivity contribution in [2.24, 2.45) is 0 Å². The highest BCUT2D eigenvalue weighted by atomic mass is 16.3. The summed E-state index contributed by atoms with van der Waals surface area (Å²) >= 11 is 0. The standard InChI is InChI=1S/C10H16N2O2/c1-2-5-11-10(14)7-12-6-3-4-9(12)8-13/h1,9,13H,3-8H2,(H,11,14)/t9-/m0/s1. The fourth-order valence-electron chi connectivity index (χ4n) is 1.70. The summed E-state index contributed by atoms with van der Waals surface area (Å²) in [5, 5.41) is 11.6. The summed E-state index contributed by atoms with van der Waals surface area (Å²) < 4.78 is 0. The van der Waals surface area contributed by atoms with E-state index < -0.39 is 0 Å². The number of rotatable bonds is 4. The van der Waals surface area contributed by atoms with Crippen LogP contribution in [0.1, 0.15) is 12.8 Å². The molecule has 1 aliphatic heterocycles. The molecule has 78 valence electrons. The lowest BCUT2D eigenvalue weighted by Crippen LogP contribution is -2.41. The molecule has 1 rings (SSSR count). The van der Waals surface area contributed by atoms with Gasteiger partial charge in [-0.2, -0.15) is 0 Å². The second-order valence-corrected chi connectivity index (χ2v) is 3.43. The van der Waals surface area contributed by atoms with Crippen LogP contribution >= 0.6 is 0 Å². The number of carbonyl (C=O) groups is 1. The van der Waals surface area contributed by atoms with Crippen LogP contribution in [-0.2, 0) is 4.79 Å². The maximum atomic E-state index is 11.3. The number of aliphatic hydroxyl groups is 1. The first kappa shape index (κ1) is 11.0. The molecule has 0 saturated carbocycles. The smallest absolute Gasteiger partial charge is 0.234 e. The Balaban J connectivity index is 2.29. The minimum Gasteiger partial charge on any atom is -0.395 e. The van der Waals surface area contributed by atoms with Crippen molar-refractivity contribution in [1.82, 2.24) is 10.2 Å². The van der Waals surface area contributed by atoms with Crippen LogP contribution in [0.4, 0.5) is 0 Å². The van der Waals surface area contributed by atoms with Gasteiger partial charge in [0.2, 0.25) is 5.91 Å². The first-order chi connectivity index (χ1) is 6.77. The summed E-state index contributed by atoms with van der Waals surface area (Å²) in [6.45, 7) is 1.63. The zero-order valence-electron chi connectivity index (χ0n) is 8.20. The van der Waals surface area contributed by atoms with E-state index >= 15 is 0 Å². The minimum absolute atomic E-state index is 0.0664. The largest absolute Gasteiger partial charge is 0.395 e. The maximum absolute atomic E-state index is 11.3. The van der Waals surface area contributed by atoms with Gasteiger partial charge in [-0.25, -0.2) is 0 Å². The first-order valence-corrected chi connectivity index (χ1v) is 4.83. The average Bonchev–Trinajstić information content (AvgIpc) is 2.62. The monoisotopic (exact) mass is 196 g/mol. The molecule has 0 aliphatic carbocycles. The van der Waals surface area contributed by atoms with Gasteiger partial charge in [-0.1, -0.05) is 5.92 Å². The second-order valence-electron chi connectivity index (χ2n) is 3.43. The van der Waals surface area contributed by atoms with Crippen molar-refractivity contribution in [3.8, 4) is 12.3 Å². The molecule has 14 heavy (non-hydrogen) atoms. The van der Waals surface area contributed by atoms with Crippen LogP contribution in [0, 0.1) is 12.3 Å². The van der Waals surface area contributed by atoms with Gasteiger partial charge in [0.15, 0.2) is 0 Å². The molecular formula is C10H16N2O2. The van der Waals surface area contributed by atoms with Gasteiger partial charge in [0.05, 0.1) is 19.7 Å². The normalized spacial score (nSPS) is 21.9. The number of hydrogen-bond donors (Lipinski definition) is 2. The lowest BCUT2D eigenvalue weighted by Gasteiger charge is -2.21. The van der Waals surface area contributed by atoms with Crippen LogP contribution < -0.4 is 5.32 Å². The topological polar surface area (TPSA) is 52.6 Å². The number of amides is 1. The number of aliphatic hydroxyl groups excluding tert-OH is 1. The molecule has 4 nitrogen and oxygen atoms in total. The Kier molecular flexibility index (Phi) is 4.44. The molecule has 0 radical (unpaired) electrons. The van der Waals surface area contributed by atoms with Gasteiger partial charge in [0.1, 0.15) is 0 Å². The van der Waals surface area contributed by atoms with Gasteiger partial charge < -0.3 is 10.4 Å². The van der Waals surface area contributed by atoms with Crippen molar-refractivity contribution < 1.29 is 9.90 Å². The Bertz CT molecular complexity index is 235. The van der Waals surface area contributed by atoms with Crippen LogP contribution in [0.5, 0.6) is 0 Å². The van der Waals surface area contributed by atoms with E-state index in [1.165, 1.54) is 0 Å². The Morgan fingerprint density at radius 2 is 2.50 bits per heavy atom. The molecule has 1 amide bonds. The lowest BCUT2D eigenvalue weighted by atomic mass is 10.2. The quantitative estimate of drug-likeness (QED) is 0.578. The zero-order valence-corrected chi connectivity index (χ0v) is 8.20. The van der Waals surface area contributed by atoms with Crippen molar-refractivity contribution in [3.63, 3.8) is 0 Å². The molecule has 0 bridgehead atoms. The van der Waals surface area contributed by atoms with Crippen molar-refractivity contribution in [2.45, 2.75) is 18.9 Å². The van der Waals surface area contributed by atoms with Gasteiger partial charge in [0, 0.05) is 6.04 Å². The maximum Gasteiger partial charge on any atom is 0.234 e. The third-order valence-electron chi connectivity index (χ3n) is 2.44. The number of nitrogens with zero attached hydrogens (tertiary/aromatic N) is 1. The van der Waals surface area contributed by atoms with Crippen LogP contribution in [0.3, 0.4) is 0 Å². The molecule has 0 aromatic rings. The highest BCUT2D eigenvalue weighted by Crippen LogP contribution is 2.15. The molecule has 1 heterocycles. The van der Waals surface area contributed by atoms with Gasteiger partial charge in [0.25, 0.3) is 0 Å². The van der Waals surface area contributed by atoms with E-state index in [2.05, 4.69) is 11.2 Å². The van der Waals surface area contributed by atoms with Crippen LogP contribution in [0.15, 0.2) is 0 Å². The summed E-state index contributed by atoms with van der Waals surface area (Å²) in [4.78, 5) is 13.3. The van der Waals surface area contributed by atoms with E-state index in [0.717, 1.165) is 19.4 Å². The highest BCUT2D eigenvalue weighted by Gasteiger charge is 2.24. The third kappa shape index (κ3) is 3.02. The van der Waals surface area contributed by atoms with Gasteiger partial charge >= 0.3 is 0 Å². The molecule has 0 aromatic carbocycles. The molecular weight excluding hydrogens is 180 g/mol. The fraction of sp³-hybridized carbons (Fsp3) is 0.700. The van der Waals surface area contributed by atoms with Crippen LogP contribution in [0.25, 0.3) is 0 Å². The number of terminal acetylenes is 1. The Morgan fingerprint density at radius 3 is 3.14 bits per heavy atom. The van der Waals surface area contributed by atoms with Gasteiger partial charge in [-0.15, -0.1) is 6.42 Å². The van der Waals surface area contributed by atoms with Crippen LogP contribution in [0.2, 0.25) is 0 Å². The summed E-state index contributed by atoms with van der Waals surface area (Å²) in [6.07, 6.45) is 7.04. The number of carbonyl (C=O) groups excluding carboxylic acids is 1. The molecule has 4 heteroatoms.